The van der Waals surface area contributed by atoms with Gasteiger partial charge >= 0.3 is 0 Å². The third-order valence-corrected chi connectivity index (χ3v) is 3.86. The van der Waals surface area contributed by atoms with Gasteiger partial charge < -0.3 is 24.0 Å². The zero-order valence-electron chi connectivity index (χ0n) is 13.0. The SMILES string of the molecule is Cc1ccc2ccccc2[n+]1CC(=O)c1ccc([N+](=O)[O-])cc1.[I-]. The molecule has 0 fully saturated rings. The van der Waals surface area contributed by atoms with Gasteiger partial charge in [0.25, 0.3) is 5.69 Å². The molecule has 0 spiro atoms. The zero-order chi connectivity index (χ0) is 16.4. The highest BCUT2D eigenvalue weighted by Crippen LogP contribution is 2.14. The van der Waals surface area contributed by atoms with Crippen molar-refractivity contribution in [1.82, 2.24) is 0 Å². The number of non-ortho nitro benzene ring substituents is 1. The number of rotatable bonds is 4. The van der Waals surface area contributed by atoms with Crippen molar-refractivity contribution < 1.29 is 38.3 Å². The van der Waals surface area contributed by atoms with Crippen LogP contribution in [0.2, 0.25) is 0 Å². The fraction of sp³-hybridized carbons (Fsp3) is 0.111. The van der Waals surface area contributed by atoms with E-state index in [1.807, 2.05) is 47.9 Å². The fourth-order valence-corrected chi connectivity index (χ4v) is 2.58. The maximum absolute atomic E-state index is 12.5. The lowest BCUT2D eigenvalue weighted by Crippen LogP contribution is -3.00. The van der Waals surface area contributed by atoms with E-state index in [1.165, 1.54) is 24.3 Å². The molecule has 0 saturated carbocycles. The largest absolute Gasteiger partial charge is 1.00 e. The Morgan fingerprint density at radius 3 is 2.38 bits per heavy atom. The number of fused-ring (bicyclic) bond motifs is 1. The number of hydrogen-bond acceptors (Lipinski definition) is 3. The van der Waals surface area contributed by atoms with E-state index >= 15 is 0 Å². The van der Waals surface area contributed by atoms with Gasteiger partial charge in [0.2, 0.25) is 17.8 Å². The third kappa shape index (κ3) is 3.59. The molecular weight excluding hydrogens is 419 g/mol. The lowest BCUT2D eigenvalue weighted by atomic mass is 10.1. The maximum atomic E-state index is 12.5. The molecule has 3 aromatic rings. The molecule has 2 aromatic carbocycles. The lowest BCUT2D eigenvalue weighted by Gasteiger charge is -2.04. The van der Waals surface area contributed by atoms with E-state index < -0.39 is 4.92 Å². The van der Waals surface area contributed by atoms with Crippen LogP contribution in [-0.2, 0) is 6.54 Å². The number of para-hydroxylation sites is 1. The highest BCUT2D eigenvalue weighted by atomic mass is 127. The molecule has 3 rings (SSSR count). The van der Waals surface area contributed by atoms with E-state index in [2.05, 4.69) is 0 Å². The monoisotopic (exact) mass is 434 g/mol. The summed E-state index contributed by atoms with van der Waals surface area (Å²) in [5, 5.41) is 11.7. The van der Waals surface area contributed by atoms with E-state index in [0.717, 1.165) is 16.6 Å². The molecule has 5 nitrogen and oxygen atoms in total. The highest BCUT2D eigenvalue weighted by molar-refractivity contribution is 5.95. The number of nitrogens with zero attached hydrogens (tertiary/aromatic N) is 2. The van der Waals surface area contributed by atoms with Crippen LogP contribution in [0.1, 0.15) is 16.1 Å². The van der Waals surface area contributed by atoms with Crippen molar-refractivity contribution in [2.75, 3.05) is 0 Å². The summed E-state index contributed by atoms with van der Waals surface area (Å²) in [5.74, 6) is -0.0793. The number of ketones is 1. The van der Waals surface area contributed by atoms with Gasteiger partial charge in [-0.3, -0.25) is 14.9 Å². The number of hydrogen-bond donors (Lipinski definition) is 0. The number of carbonyl (C=O) groups is 1. The average Bonchev–Trinajstić information content (AvgIpc) is 2.57. The normalized spacial score (nSPS) is 10.2. The van der Waals surface area contributed by atoms with E-state index in [0.29, 0.717) is 5.56 Å². The molecule has 0 saturated heterocycles. The molecule has 1 heterocycles. The van der Waals surface area contributed by atoms with Crippen molar-refractivity contribution in [3.8, 4) is 0 Å². The number of aromatic nitrogens is 1. The second-order valence-corrected chi connectivity index (χ2v) is 5.35. The van der Waals surface area contributed by atoms with Crippen molar-refractivity contribution in [3.63, 3.8) is 0 Å². The van der Waals surface area contributed by atoms with Crippen LogP contribution in [0.4, 0.5) is 5.69 Å². The van der Waals surface area contributed by atoms with Gasteiger partial charge in [-0.1, -0.05) is 12.1 Å². The minimum atomic E-state index is -0.474. The summed E-state index contributed by atoms with van der Waals surface area (Å²) in [5.41, 5.74) is 2.42. The number of carbonyl (C=O) groups excluding carboxylic acids is 1. The molecule has 0 aliphatic carbocycles. The first kappa shape index (κ1) is 18.0. The highest BCUT2D eigenvalue weighted by Gasteiger charge is 2.18. The molecule has 24 heavy (non-hydrogen) atoms. The molecule has 0 aliphatic heterocycles. The summed E-state index contributed by atoms with van der Waals surface area (Å²) in [4.78, 5) is 22.7. The van der Waals surface area contributed by atoms with E-state index in [-0.39, 0.29) is 42.0 Å². The molecule has 0 N–H and O–H groups in total. The van der Waals surface area contributed by atoms with Crippen LogP contribution in [0, 0.1) is 17.0 Å². The number of pyridine rings is 1. The van der Waals surface area contributed by atoms with Crippen LogP contribution < -0.4 is 28.5 Å². The van der Waals surface area contributed by atoms with E-state index in [1.54, 1.807) is 0 Å². The minimum Gasteiger partial charge on any atom is -1.00 e. The standard InChI is InChI=1S/C18H15N2O3.HI/c1-13-6-7-14-4-2-3-5-17(14)19(13)12-18(21)15-8-10-16(11-9-15)20(22)23;/h2-11H,12H2,1H3;1H/q+1;/p-1. The summed E-state index contributed by atoms with van der Waals surface area (Å²) in [6.07, 6.45) is 0. The topological polar surface area (TPSA) is 64.1 Å². The lowest BCUT2D eigenvalue weighted by molar-refractivity contribution is -0.663. The molecule has 122 valence electrons. The molecule has 0 aliphatic rings. The number of aryl methyl sites for hydroxylation is 1. The summed E-state index contributed by atoms with van der Waals surface area (Å²) < 4.78 is 1.96. The maximum Gasteiger partial charge on any atom is 0.269 e. The van der Waals surface area contributed by atoms with Crippen LogP contribution in [0.3, 0.4) is 0 Å². The number of benzene rings is 2. The van der Waals surface area contributed by atoms with Gasteiger partial charge in [0.05, 0.1) is 4.92 Å². The molecule has 0 bridgehead atoms. The Bertz CT molecular complexity index is 908. The van der Waals surface area contributed by atoms with Crippen LogP contribution in [0.25, 0.3) is 10.9 Å². The second-order valence-electron chi connectivity index (χ2n) is 5.35. The summed E-state index contributed by atoms with van der Waals surface area (Å²) in [7, 11) is 0. The van der Waals surface area contributed by atoms with Crippen molar-refractivity contribution in [3.05, 3.63) is 82.0 Å². The Morgan fingerprint density at radius 2 is 1.71 bits per heavy atom. The minimum absolute atomic E-state index is 0. The van der Waals surface area contributed by atoms with E-state index in [9.17, 15) is 14.9 Å². The van der Waals surface area contributed by atoms with Gasteiger partial charge in [-0.2, -0.15) is 4.57 Å². The number of nitro groups is 1. The molecule has 0 unspecified atom stereocenters. The predicted octanol–water partition coefficient (Wildman–Crippen LogP) is 0.231. The summed E-state index contributed by atoms with van der Waals surface area (Å²) >= 11 is 0. The van der Waals surface area contributed by atoms with Crippen LogP contribution in [-0.4, -0.2) is 10.7 Å². The van der Waals surface area contributed by atoms with Crippen LogP contribution >= 0.6 is 0 Å². The second kappa shape index (κ2) is 7.48. The van der Waals surface area contributed by atoms with Gasteiger partial charge in [0.15, 0.2) is 5.69 Å². The van der Waals surface area contributed by atoms with E-state index in [4.69, 9.17) is 0 Å². The Labute approximate surface area is 156 Å². The Kier molecular flexibility index (Phi) is 5.61. The molecule has 1 aromatic heterocycles. The van der Waals surface area contributed by atoms with Crippen LogP contribution in [0.5, 0.6) is 0 Å². The number of Topliss-reactive ketones (excluding diaryl/α,β-unsaturated/α-hetero) is 1. The number of nitro benzene ring substituents is 1. The van der Waals surface area contributed by atoms with Crippen molar-refractivity contribution in [2.45, 2.75) is 13.5 Å². The van der Waals surface area contributed by atoms with Gasteiger partial charge in [-0.15, -0.1) is 0 Å². The molecule has 6 heteroatoms. The Morgan fingerprint density at radius 1 is 1.04 bits per heavy atom. The first-order valence-corrected chi connectivity index (χ1v) is 7.22. The van der Waals surface area contributed by atoms with Crippen molar-refractivity contribution in [1.29, 1.82) is 0 Å². The predicted molar refractivity (Wildman–Crippen MR) is 86.3 cm³/mol. The summed E-state index contributed by atoms with van der Waals surface area (Å²) in [6, 6.07) is 17.6. The smallest absolute Gasteiger partial charge is 0.269 e. The van der Waals surface area contributed by atoms with Gasteiger partial charge in [-0.25, -0.2) is 0 Å². The molecule has 0 radical (unpaired) electrons. The Balaban J connectivity index is 0.00000208. The molecular formula is C18H15IN2O3. The average molecular weight is 434 g/mol. The van der Waals surface area contributed by atoms with Gasteiger partial charge in [0.1, 0.15) is 0 Å². The quantitative estimate of drug-likeness (QED) is 0.194. The first-order valence-electron chi connectivity index (χ1n) is 7.22. The number of halogens is 1. The molecule has 0 amide bonds. The van der Waals surface area contributed by atoms with Gasteiger partial charge in [0, 0.05) is 42.1 Å². The fourth-order valence-electron chi connectivity index (χ4n) is 2.58. The van der Waals surface area contributed by atoms with Crippen molar-refractivity contribution >= 4 is 22.4 Å². The van der Waals surface area contributed by atoms with Crippen molar-refractivity contribution in [2.24, 2.45) is 0 Å². The third-order valence-electron chi connectivity index (χ3n) is 3.86. The first-order chi connectivity index (χ1) is 11.1. The Hall–Kier alpha value is -2.35. The van der Waals surface area contributed by atoms with Gasteiger partial charge in [-0.05, 0) is 24.3 Å². The zero-order valence-corrected chi connectivity index (χ0v) is 15.1. The summed E-state index contributed by atoms with van der Waals surface area (Å²) in [6.45, 7) is 2.15. The molecule has 0 atom stereocenters. The van der Waals surface area contributed by atoms with Crippen LogP contribution in [0.15, 0.2) is 60.7 Å².